The number of ketones is 2. The molecule has 0 radical (unpaired) electrons. The Balaban J connectivity index is 3.25. The van der Waals surface area contributed by atoms with Gasteiger partial charge in [-0.1, -0.05) is 18.6 Å². The molecule has 0 bridgehead atoms. The minimum absolute atomic E-state index is 0.104. The minimum Gasteiger partial charge on any atom is -0.392 e. The lowest BCUT2D eigenvalue weighted by atomic mass is 9.82. The number of hydrogen-bond donors (Lipinski definition) is 1. The summed E-state index contributed by atoms with van der Waals surface area (Å²) in [4.78, 5) is 24.4. The van der Waals surface area contributed by atoms with Gasteiger partial charge in [-0.15, -0.1) is 0 Å². The van der Waals surface area contributed by atoms with Crippen molar-refractivity contribution in [3.8, 4) is 0 Å². The highest BCUT2D eigenvalue weighted by molar-refractivity contribution is 6.25. The number of hydrogen-bond acceptors (Lipinski definition) is 3. The third kappa shape index (κ3) is 2.67. The zero-order valence-corrected chi connectivity index (χ0v) is 11.5. The predicted octanol–water partition coefficient (Wildman–Crippen LogP) is 2.51. The van der Waals surface area contributed by atoms with E-state index >= 15 is 0 Å². The SMILES string of the molecule is CCC1=C(CC=C(C)C)C(=O)C(C)=C(CO)C1=O. The number of allylic oxidation sites excluding steroid dienone is 5. The van der Waals surface area contributed by atoms with Crippen molar-refractivity contribution in [2.24, 2.45) is 0 Å². The lowest BCUT2D eigenvalue weighted by Crippen LogP contribution is -2.24. The molecule has 0 spiro atoms. The van der Waals surface area contributed by atoms with Crippen molar-refractivity contribution >= 4 is 11.6 Å². The molecule has 98 valence electrons. The molecule has 1 aliphatic rings. The van der Waals surface area contributed by atoms with Gasteiger partial charge in [-0.05, 0) is 33.6 Å². The molecule has 0 aromatic carbocycles. The van der Waals surface area contributed by atoms with E-state index in [-0.39, 0.29) is 23.7 Å². The Morgan fingerprint density at radius 2 is 1.72 bits per heavy atom. The summed E-state index contributed by atoms with van der Waals surface area (Å²) in [5.41, 5.74) is 2.88. The van der Waals surface area contributed by atoms with Crippen LogP contribution >= 0.6 is 0 Å². The van der Waals surface area contributed by atoms with Crippen molar-refractivity contribution < 1.29 is 14.7 Å². The lowest BCUT2D eigenvalue weighted by molar-refractivity contribution is -0.117. The van der Waals surface area contributed by atoms with Crippen LogP contribution in [0.1, 0.15) is 40.5 Å². The van der Waals surface area contributed by atoms with Gasteiger partial charge in [-0.2, -0.15) is 0 Å². The van der Waals surface area contributed by atoms with Gasteiger partial charge in [-0.25, -0.2) is 0 Å². The van der Waals surface area contributed by atoms with Gasteiger partial charge >= 0.3 is 0 Å². The van der Waals surface area contributed by atoms with Gasteiger partial charge < -0.3 is 5.11 Å². The van der Waals surface area contributed by atoms with Crippen molar-refractivity contribution in [2.45, 2.75) is 40.5 Å². The van der Waals surface area contributed by atoms with E-state index in [0.717, 1.165) is 5.57 Å². The molecule has 0 aromatic heterocycles. The van der Waals surface area contributed by atoms with Crippen LogP contribution in [0.3, 0.4) is 0 Å². The molecule has 0 fully saturated rings. The summed E-state index contributed by atoms with van der Waals surface area (Å²) in [5.74, 6) is -0.276. The molecule has 0 saturated heterocycles. The topological polar surface area (TPSA) is 54.4 Å². The summed E-state index contributed by atoms with van der Waals surface area (Å²) in [5, 5.41) is 9.20. The fourth-order valence-corrected chi connectivity index (χ4v) is 2.08. The second kappa shape index (κ2) is 5.91. The van der Waals surface area contributed by atoms with E-state index in [2.05, 4.69) is 0 Å². The number of aliphatic hydroxyl groups is 1. The summed E-state index contributed by atoms with van der Waals surface area (Å²) in [6.45, 7) is 7.03. The molecule has 0 saturated carbocycles. The monoisotopic (exact) mass is 248 g/mol. The van der Waals surface area contributed by atoms with Crippen molar-refractivity contribution in [3.05, 3.63) is 33.9 Å². The number of rotatable bonds is 4. The highest BCUT2D eigenvalue weighted by Gasteiger charge is 2.30. The second-order valence-corrected chi connectivity index (χ2v) is 4.72. The number of carbonyl (C=O) groups excluding carboxylic acids is 2. The van der Waals surface area contributed by atoms with Gasteiger partial charge in [0.2, 0.25) is 0 Å². The van der Waals surface area contributed by atoms with Gasteiger partial charge in [0.25, 0.3) is 0 Å². The Morgan fingerprint density at radius 3 is 2.17 bits per heavy atom. The van der Waals surface area contributed by atoms with Crippen LogP contribution in [0.2, 0.25) is 0 Å². The van der Waals surface area contributed by atoms with Gasteiger partial charge in [0.1, 0.15) is 0 Å². The van der Waals surface area contributed by atoms with E-state index in [1.165, 1.54) is 0 Å². The molecule has 0 atom stereocenters. The molecule has 0 amide bonds. The summed E-state index contributed by atoms with van der Waals surface area (Å²) in [6, 6.07) is 0. The quantitative estimate of drug-likeness (QED) is 0.614. The van der Waals surface area contributed by atoms with Crippen LogP contribution < -0.4 is 0 Å². The van der Waals surface area contributed by atoms with Crippen LogP contribution in [0.15, 0.2) is 33.9 Å². The van der Waals surface area contributed by atoms with E-state index in [9.17, 15) is 14.7 Å². The van der Waals surface area contributed by atoms with E-state index in [1.54, 1.807) is 6.92 Å². The molecule has 3 nitrogen and oxygen atoms in total. The van der Waals surface area contributed by atoms with Gasteiger partial charge in [0.05, 0.1) is 6.61 Å². The summed E-state index contributed by atoms with van der Waals surface area (Å²) in [6.07, 6.45) is 2.97. The van der Waals surface area contributed by atoms with Crippen molar-refractivity contribution in [1.29, 1.82) is 0 Å². The normalized spacial score (nSPS) is 16.5. The fourth-order valence-electron chi connectivity index (χ4n) is 2.08. The Bertz CT molecular complexity index is 472. The zero-order chi connectivity index (χ0) is 13.9. The van der Waals surface area contributed by atoms with Crippen LogP contribution in [0, 0.1) is 0 Å². The zero-order valence-electron chi connectivity index (χ0n) is 11.5. The van der Waals surface area contributed by atoms with E-state index in [0.29, 0.717) is 29.6 Å². The number of aliphatic hydroxyl groups excluding tert-OH is 1. The first-order valence-electron chi connectivity index (χ1n) is 6.19. The Hall–Kier alpha value is -1.48. The van der Waals surface area contributed by atoms with E-state index < -0.39 is 0 Å². The predicted molar refractivity (Wildman–Crippen MR) is 71.2 cm³/mol. The van der Waals surface area contributed by atoms with Crippen molar-refractivity contribution in [3.63, 3.8) is 0 Å². The maximum absolute atomic E-state index is 12.2. The molecular formula is C15H20O3. The second-order valence-electron chi connectivity index (χ2n) is 4.72. The molecule has 1 N–H and O–H groups in total. The van der Waals surface area contributed by atoms with Gasteiger partial charge in [0, 0.05) is 22.3 Å². The Morgan fingerprint density at radius 1 is 1.11 bits per heavy atom. The Labute approximate surface area is 108 Å². The maximum Gasteiger partial charge on any atom is 0.188 e. The standard InChI is InChI=1S/C15H20O3/c1-5-11-12(7-6-9(2)3)14(17)10(4)13(8-16)15(11)18/h6,16H,5,7-8H2,1-4H3. The number of carbonyl (C=O) groups is 2. The first kappa shape index (κ1) is 14.6. The molecule has 3 heteroatoms. The average molecular weight is 248 g/mol. The molecule has 1 aliphatic carbocycles. The molecule has 0 unspecified atom stereocenters. The average Bonchev–Trinajstić information content (AvgIpc) is 2.32. The van der Waals surface area contributed by atoms with E-state index in [4.69, 9.17) is 0 Å². The van der Waals surface area contributed by atoms with Gasteiger partial charge in [-0.3, -0.25) is 9.59 Å². The van der Waals surface area contributed by atoms with Crippen LogP contribution in [0.25, 0.3) is 0 Å². The van der Waals surface area contributed by atoms with Crippen LogP contribution in [-0.4, -0.2) is 23.3 Å². The summed E-state index contributed by atoms with van der Waals surface area (Å²) >= 11 is 0. The first-order valence-corrected chi connectivity index (χ1v) is 6.19. The largest absolute Gasteiger partial charge is 0.392 e. The smallest absolute Gasteiger partial charge is 0.188 e. The highest BCUT2D eigenvalue weighted by Crippen LogP contribution is 2.28. The molecule has 0 aliphatic heterocycles. The number of Topliss-reactive ketones (excluding diaryl/α,β-unsaturated/α-hetero) is 2. The maximum atomic E-state index is 12.2. The molecule has 18 heavy (non-hydrogen) atoms. The molecular weight excluding hydrogens is 228 g/mol. The van der Waals surface area contributed by atoms with Crippen LogP contribution in [-0.2, 0) is 9.59 Å². The molecule has 1 rings (SSSR count). The van der Waals surface area contributed by atoms with Crippen LogP contribution in [0.5, 0.6) is 0 Å². The molecule has 0 heterocycles. The third-order valence-corrected chi connectivity index (χ3v) is 3.21. The minimum atomic E-state index is -0.365. The first-order chi connectivity index (χ1) is 8.43. The lowest BCUT2D eigenvalue weighted by Gasteiger charge is -2.20. The highest BCUT2D eigenvalue weighted by atomic mass is 16.3. The van der Waals surface area contributed by atoms with Gasteiger partial charge in [0.15, 0.2) is 11.6 Å². The Kier molecular flexibility index (Phi) is 4.79. The summed E-state index contributed by atoms with van der Waals surface area (Å²) in [7, 11) is 0. The van der Waals surface area contributed by atoms with E-state index in [1.807, 2.05) is 26.8 Å². The summed E-state index contributed by atoms with van der Waals surface area (Å²) < 4.78 is 0. The van der Waals surface area contributed by atoms with Crippen molar-refractivity contribution in [1.82, 2.24) is 0 Å². The third-order valence-electron chi connectivity index (χ3n) is 3.21. The van der Waals surface area contributed by atoms with Crippen molar-refractivity contribution in [2.75, 3.05) is 6.61 Å². The molecule has 0 aromatic rings. The van der Waals surface area contributed by atoms with Crippen LogP contribution in [0.4, 0.5) is 0 Å². The fraction of sp³-hybridized carbons (Fsp3) is 0.467.